The first-order valence-electron chi connectivity index (χ1n) is 9.24. The number of thiol groups is 1. The molecule has 0 bridgehead atoms. The molecule has 0 aromatic heterocycles. The topological polar surface area (TPSA) is 261 Å². The smallest absolute Gasteiger partial charge is 0.328 e. The van der Waals surface area contributed by atoms with Gasteiger partial charge in [0.15, 0.2) is 0 Å². The Hall–Kier alpha value is -2.50. The number of aliphatic hydroxyl groups excluding tert-OH is 4. The summed E-state index contributed by atoms with van der Waals surface area (Å²) >= 11 is 3.87. The van der Waals surface area contributed by atoms with E-state index in [0.717, 1.165) is 0 Å². The zero-order valence-corrected chi connectivity index (χ0v) is 18.0. The molecule has 0 aliphatic rings. The van der Waals surface area contributed by atoms with Crippen LogP contribution in [-0.4, -0.2) is 117 Å². The third kappa shape index (κ3) is 9.33. The fourth-order valence-corrected chi connectivity index (χ4v) is 2.33. The van der Waals surface area contributed by atoms with Gasteiger partial charge in [0.2, 0.25) is 23.6 Å². The Morgan fingerprint density at radius 3 is 1.44 bits per heavy atom. The Morgan fingerprint density at radius 1 is 0.750 bits per heavy atom. The quantitative estimate of drug-likeness (QED) is 0.103. The lowest BCUT2D eigenvalue weighted by Crippen LogP contribution is -2.61. The van der Waals surface area contributed by atoms with Crippen LogP contribution in [0.2, 0.25) is 0 Å². The summed E-state index contributed by atoms with van der Waals surface area (Å²) in [5.74, 6) is -5.90. The predicted octanol–water partition coefficient (Wildman–Crippen LogP) is -6.37. The Labute approximate surface area is 188 Å². The average molecular weight is 484 g/mol. The Bertz CT molecular complexity index is 680. The fourth-order valence-electron chi connectivity index (χ4n) is 2.07. The van der Waals surface area contributed by atoms with Crippen LogP contribution in [0.3, 0.4) is 0 Å². The van der Waals surface area contributed by atoms with Crippen molar-refractivity contribution in [2.45, 2.75) is 43.2 Å². The summed E-state index contributed by atoms with van der Waals surface area (Å²) in [6.07, 6.45) is -1.25. The third-order valence-electron chi connectivity index (χ3n) is 4.07. The minimum Gasteiger partial charge on any atom is -0.480 e. The summed E-state index contributed by atoms with van der Waals surface area (Å²) in [5, 5.41) is 54.1. The van der Waals surface area contributed by atoms with Gasteiger partial charge >= 0.3 is 5.97 Å². The lowest BCUT2D eigenvalue weighted by Gasteiger charge is -2.24. The van der Waals surface area contributed by atoms with Gasteiger partial charge in [-0.25, -0.2) is 4.79 Å². The molecular weight excluding hydrogens is 454 g/mol. The number of nitrogens with one attached hydrogen (secondary N) is 4. The van der Waals surface area contributed by atoms with Crippen molar-refractivity contribution >= 4 is 42.2 Å². The van der Waals surface area contributed by atoms with Gasteiger partial charge < -0.3 is 52.5 Å². The molecule has 6 atom stereocenters. The summed E-state index contributed by atoms with van der Waals surface area (Å²) in [7, 11) is 0. The molecule has 0 fully saturated rings. The highest BCUT2D eigenvalue weighted by molar-refractivity contribution is 7.80. The van der Waals surface area contributed by atoms with Gasteiger partial charge in [-0.2, -0.15) is 12.6 Å². The lowest BCUT2D eigenvalue weighted by atomic mass is 10.1. The molecule has 0 heterocycles. The second-order valence-corrected chi connectivity index (χ2v) is 6.94. The first-order valence-corrected chi connectivity index (χ1v) is 9.87. The molecule has 0 aromatic carbocycles. The van der Waals surface area contributed by atoms with Crippen molar-refractivity contribution < 1.29 is 49.5 Å². The molecule has 184 valence electrons. The van der Waals surface area contributed by atoms with Crippen LogP contribution in [0.25, 0.3) is 0 Å². The van der Waals surface area contributed by atoms with Crippen molar-refractivity contribution in [3.05, 3.63) is 0 Å². The number of carbonyl (C=O) groups is 5. The van der Waals surface area contributed by atoms with Crippen molar-refractivity contribution in [2.24, 2.45) is 5.73 Å². The van der Waals surface area contributed by atoms with Crippen molar-refractivity contribution in [3.8, 4) is 0 Å². The number of amides is 4. The van der Waals surface area contributed by atoms with Crippen molar-refractivity contribution in [2.75, 3.05) is 25.6 Å². The molecule has 0 saturated carbocycles. The minimum absolute atomic E-state index is 0.298. The molecule has 0 unspecified atom stereocenters. The summed E-state index contributed by atoms with van der Waals surface area (Å²) in [6, 6.07) is -7.60. The van der Waals surface area contributed by atoms with Gasteiger partial charge in [-0.05, 0) is 6.92 Å². The molecule has 0 aliphatic heterocycles. The minimum atomic E-state index is -1.63. The van der Waals surface area contributed by atoms with Crippen molar-refractivity contribution in [3.63, 3.8) is 0 Å². The molecule has 15 nitrogen and oxygen atoms in total. The number of hydrogen-bond donors (Lipinski definition) is 11. The maximum Gasteiger partial charge on any atom is 0.328 e. The van der Waals surface area contributed by atoms with E-state index in [4.69, 9.17) is 15.9 Å². The highest BCUT2D eigenvalue weighted by Crippen LogP contribution is 1.96. The fraction of sp³-hybridized carbons (Fsp3) is 0.688. The van der Waals surface area contributed by atoms with E-state index in [1.54, 1.807) is 0 Å². The zero-order chi connectivity index (χ0) is 25.0. The molecule has 32 heavy (non-hydrogen) atoms. The average Bonchev–Trinajstić information content (AvgIpc) is 2.75. The lowest BCUT2D eigenvalue weighted by molar-refractivity contribution is -0.143. The molecule has 11 N–H and O–H groups in total. The standard InChI is InChI=1S/C16H29N5O10S/c1-6(25)11(17)15(29)19-8(3-23)12(26)18-7(2-22)13(27)21-10(5-32)14(28)20-9(4-24)16(30)31/h6-11,22-25,32H,2-5,17H2,1H3,(H,18,26)(H,19,29)(H,20,28)(H,21,27)(H,30,31)/t6-,7+,8-,9+,10-,11+/m1/s1. The van der Waals surface area contributed by atoms with E-state index in [0.29, 0.717) is 0 Å². The highest BCUT2D eigenvalue weighted by atomic mass is 32.1. The predicted molar refractivity (Wildman–Crippen MR) is 110 cm³/mol. The van der Waals surface area contributed by atoms with Crippen molar-refractivity contribution in [1.29, 1.82) is 0 Å². The van der Waals surface area contributed by atoms with Crippen LogP contribution >= 0.6 is 12.6 Å². The first kappa shape index (κ1) is 29.5. The van der Waals surface area contributed by atoms with Gasteiger partial charge in [0, 0.05) is 5.75 Å². The Balaban J connectivity index is 5.11. The largest absolute Gasteiger partial charge is 0.480 e. The summed E-state index contributed by atoms with van der Waals surface area (Å²) in [5.41, 5.74) is 5.42. The second kappa shape index (κ2) is 14.5. The van der Waals surface area contributed by atoms with E-state index in [9.17, 15) is 39.3 Å². The van der Waals surface area contributed by atoms with Gasteiger partial charge in [-0.3, -0.25) is 19.2 Å². The molecule has 0 rings (SSSR count). The van der Waals surface area contributed by atoms with Crippen LogP contribution in [0, 0.1) is 0 Å². The van der Waals surface area contributed by atoms with Gasteiger partial charge in [0.1, 0.15) is 30.2 Å². The van der Waals surface area contributed by atoms with E-state index < -0.39 is 85.7 Å². The first-order chi connectivity index (χ1) is 14.9. The number of aliphatic carboxylic acids is 1. The maximum atomic E-state index is 12.3. The van der Waals surface area contributed by atoms with Crippen LogP contribution < -0.4 is 27.0 Å². The molecule has 0 aliphatic carbocycles. The Kier molecular flexibility index (Phi) is 13.4. The molecule has 16 heteroatoms. The highest BCUT2D eigenvalue weighted by Gasteiger charge is 2.31. The second-order valence-electron chi connectivity index (χ2n) is 6.58. The van der Waals surface area contributed by atoms with E-state index in [1.807, 2.05) is 5.32 Å². The number of hydrogen-bond acceptors (Lipinski definition) is 11. The SMILES string of the molecule is C[C@@H](O)[C@H](N)C(=O)N[C@H](CO)C(=O)N[C@@H](CO)C(=O)N[C@H](CS)C(=O)N[C@@H](CO)C(=O)O. The third-order valence-corrected chi connectivity index (χ3v) is 4.43. The molecule has 0 radical (unpaired) electrons. The molecular formula is C16H29N5O10S. The maximum absolute atomic E-state index is 12.3. The summed E-state index contributed by atoms with van der Waals surface area (Å²) < 4.78 is 0. The molecule has 0 saturated heterocycles. The summed E-state index contributed by atoms with van der Waals surface area (Å²) in [6.45, 7) is -1.51. The van der Waals surface area contributed by atoms with Crippen LogP contribution in [0.1, 0.15) is 6.92 Å². The van der Waals surface area contributed by atoms with Crippen LogP contribution in [0.15, 0.2) is 0 Å². The number of nitrogens with two attached hydrogens (primary N) is 1. The number of carboxylic acids is 1. The number of aliphatic hydroxyl groups is 4. The zero-order valence-electron chi connectivity index (χ0n) is 17.1. The van der Waals surface area contributed by atoms with Gasteiger partial charge in [0.05, 0.1) is 25.9 Å². The van der Waals surface area contributed by atoms with E-state index >= 15 is 0 Å². The van der Waals surface area contributed by atoms with Crippen LogP contribution in [0.4, 0.5) is 0 Å². The van der Waals surface area contributed by atoms with E-state index in [-0.39, 0.29) is 5.75 Å². The van der Waals surface area contributed by atoms with Gasteiger partial charge in [0.25, 0.3) is 0 Å². The summed E-state index contributed by atoms with van der Waals surface area (Å²) in [4.78, 5) is 59.4. The number of carboxylic acid groups (broad SMARTS) is 1. The van der Waals surface area contributed by atoms with E-state index in [2.05, 4.69) is 28.6 Å². The molecule has 4 amide bonds. The number of rotatable bonds is 14. The van der Waals surface area contributed by atoms with E-state index in [1.165, 1.54) is 6.92 Å². The van der Waals surface area contributed by atoms with Crippen molar-refractivity contribution in [1.82, 2.24) is 21.3 Å². The Morgan fingerprint density at radius 2 is 1.09 bits per heavy atom. The van der Waals surface area contributed by atoms with Crippen LogP contribution in [-0.2, 0) is 24.0 Å². The number of carbonyl (C=O) groups excluding carboxylic acids is 4. The molecule has 0 aromatic rings. The monoisotopic (exact) mass is 483 g/mol. The normalized spacial score (nSPS) is 16.5. The molecule has 0 spiro atoms. The van der Waals surface area contributed by atoms with Gasteiger partial charge in [-0.15, -0.1) is 0 Å². The van der Waals surface area contributed by atoms with Crippen LogP contribution in [0.5, 0.6) is 0 Å². The van der Waals surface area contributed by atoms with Gasteiger partial charge in [-0.1, -0.05) is 0 Å².